The van der Waals surface area contributed by atoms with E-state index < -0.39 is 5.97 Å². The van der Waals surface area contributed by atoms with Crippen molar-refractivity contribution in [3.05, 3.63) is 65.9 Å². The van der Waals surface area contributed by atoms with Crippen molar-refractivity contribution in [3.8, 4) is 23.0 Å². The Hall–Kier alpha value is -3.88. The summed E-state index contributed by atoms with van der Waals surface area (Å²) in [5.74, 6) is -0.799. The largest absolute Gasteiger partial charge is 3.00 e. The number of carboxylic acid groups (broad SMARTS) is 1. The predicted molar refractivity (Wildman–Crippen MR) is 114 cm³/mol. The Kier molecular flexibility index (Phi) is 11.1. The molecule has 170 valence electrons. The zero-order valence-corrected chi connectivity index (χ0v) is 19.2. The van der Waals surface area contributed by atoms with Gasteiger partial charge in [0.2, 0.25) is 0 Å². The van der Waals surface area contributed by atoms with Gasteiger partial charge in [0.05, 0.1) is 14.2 Å². The number of pyridine rings is 1. The number of aliphatic carboxylic acids is 1. The van der Waals surface area contributed by atoms with Crippen LogP contribution in [0.5, 0.6) is 23.0 Å². The van der Waals surface area contributed by atoms with E-state index in [0.29, 0.717) is 22.6 Å². The van der Waals surface area contributed by atoms with Crippen molar-refractivity contribution in [3.63, 3.8) is 0 Å². The minimum absolute atomic E-state index is 0. The summed E-state index contributed by atoms with van der Waals surface area (Å²) in [5.41, 5.74) is 1.21. The van der Waals surface area contributed by atoms with Gasteiger partial charge in [-0.1, -0.05) is 35.8 Å². The van der Waals surface area contributed by atoms with E-state index in [1.807, 2.05) is 0 Å². The van der Waals surface area contributed by atoms with Crippen molar-refractivity contribution < 1.29 is 46.7 Å². The molecule has 0 atom stereocenters. The molecule has 0 unspecified atom stereocenters. The number of ether oxygens (including phenoxy) is 2. The maximum absolute atomic E-state index is 12.2. The maximum Gasteiger partial charge on any atom is 3.00 e. The van der Waals surface area contributed by atoms with Crippen LogP contribution in [-0.2, 0) is 21.9 Å². The van der Waals surface area contributed by atoms with Crippen molar-refractivity contribution in [2.24, 2.45) is 9.98 Å². The third kappa shape index (κ3) is 7.95. The monoisotopic (exact) mass is 489 g/mol. The summed E-state index contributed by atoms with van der Waals surface area (Å²) in [6.45, 7) is 0.972. The molecule has 3 rings (SSSR count). The van der Waals surface area contributed by atoms with Crippen LogP contribution in [0.2, 0.25) is 0 Å². The fourth-order valence-electron chi connectivity index (χ4n) is 2.45. The van der Waals surface area contributed by atoms with Crippen LogP contribution in [0.4, 0.5) is 11.5 Å². The van der Waals surface area contributed by atoms with E-state index in [1.165, 1.54) is 26.6 Å². The number of hydrogen-bond donors (Lipinski definition) is 0. The summed E-state index contributed by atoms with van der Waals surface area (Å²) in [6, 6.07) is 13.3. The number of rotatable bonds is 6. The van der Waals surface area contributed by atoms with Crippen LogP contribution in [0.1, 0.15) is 18.1 Å². The zero-order chi connectivity index (χ0) is 23.5. The van der Waals surface area contributed by atoms with Gasteiger partial charge in [0.25, 0.3) is 0 Å². The van der Waals surface area contributed by atoms with Crippen LogP contribution >= 0.6 is 0 Å². The molecule has 10 heteroatoms. The predicted octanol–water partition coefficient (Wildman–Crippen LogP) is 1.50. The molecule has 33 heavy (non-hydrogen) atoms. The number of aliphatic imine (C=N–C) groups is 2. The molecule has 2 aromatic carbocycles. The second-order valence-corrected chi connectivity index (χ2v) is 6.11. The van der Waals surface area contributed by atoms with Crippen LogP contribution in [0.3, 0.4) is 0 Å². The molecule has 0 saturated heterocycles. The molecule has 0 aliphatic rings. The van der Waals surface area contributed by atoms with Gasteiger partial charge < -0.3 is 29.6 Å². The van der Waals surface area contributed by atoms with Crippen molar-refractivity contribution in [1.29, 1.82) is 0 Å². The minimum Gasteiger partial charge on any atom is -0.870 e. The number of methoxy groups -OCH3 is 2. The fraction of sp³-hybridized carbons (Fsp3) is 0.130. The molecule has 0 fully saturated rings. The minimum atomic E-state index is -1.08. The first-order valence-corrected chi connectivity index (χ1v) is 9.26. The Morgan fingerprint density at radius 3 is 1.85 bits per heavy atom. The van der Waals surface area contributed by atoms with Gasteiger partial charge in [0.1, 0.15) is 17.2 Å². The first-order valence-electron chi connectivity index (χ1n) is 9.26. The van der Waals surface area contributed by atoms with E-state index in [9.17, 15) is 10.2 Å². The third-order valence-corrected chi connectivity index (χ3v) is 3.89. The molecule has 9 nitrogen and oxygen atoms in total. The van der Waals surface area contributed by atoms with Gasteiger partial charge in [-0.25, -0.2) is 9.98 Å². The van der Waals surface area contributed by atoms with E-state index in [1.54, 1.807) is 54.7 Å². The van der Waals surface area contributed by atoms with Gasteiger partial charge in [0, 0.05) is 24.6 Å². The molecule has 0 amide bonds. The van der Waals surface area contributed by atoms with Gasteiger partial charge in [-0.05, 0) is 42.3 Å². The molecule has 0 aliphatic carbocycles. The molecule has 0 bridgehead atoms. The van der Waals surface area contributed by atoms with E-state index >= 15 is 0 Å². The summed E-state index contributed by atoms with van der Waals surface area (Å²) in [7, 11) is 2.88. The van der Waals surface area contributed by atoms with E-state index in [0.717, 1.165) is 6.92 Å². The summed E-state index contributed by atoms with van der Waals surface area (Å²) in [5, 5.41) is 33.3. The van der Waals surface area contributed by atoms with Gasteiger partial charge in [-0.2, -0.15) is 0 Å². The SMILES string of the molecule is CC(=O)[O-].COc1cccc(C=Nc2cccnc2/N=C/c2cccc(OC)c2[O-])c1[O-].[Mn+3]. The van der Waals surface area contributed by atoms with Crippen LogP contribution in [0.15, 0.2) is 64.7 Å². The van der Waals surface area contributed by atoms with Gasteiger partial charge in [0.15, 0.2) is 5.82 Å². The molecule has 0 aliphatic heterocycles. The number of carboxylic acids is 1. The van der Waals surface area contributed by atoms with Gasteiger partial charge in [-0.15, -0.1) is 0 Å². The molecule has 0 N–H and O–H groups in total. The third-order valence-electron chi connectivity index (χ3n) is 3.89. The Morgan fingerprint density at radius 1 is 0.879 bits per heavy atom. The van der Waals surface area contributed by atoms with E-state index in [2.05, 4.69) is 15.0 Å². The first kappa shape index (κ1) is 27.2. The number of benzene rings is 2. The Labute approximate surface area is 201 Å². The van der Waals surface area contributed by atoms with E-state index in [-0.39, 0.29) is 40.1 Å². The van der Waals surface area contributed by atoms with Crippen molar-refractivity contribution >= 4 is 29.9 Å². The number of nitrogens with zero attached hydrogens (tertiary/aromatic N) is 3. The molecule has 1 heterocycles. The standard InChI is InChI=1S/C21H19N3O4.C2H4O2.Mn/c1-27-17-9-3-6-14(19(17)25)12-23-16-8-5-11-22-21(16)24-13-15-7-4-10-18(28-2)20(15)26;1-2(3)4;/h3-13,25-26H,1-2H3;1H3,(H,3,4);/q;;+3/p-3/b23-12?,24-13+;;. The Morgan fingerprint density at radius 2 is 1.36 bits per heavy atom. The average Bonchev–Trinajstić information content (AvgIpc) is 2.78. The smallest absolute Gasteiger partial charge is 0.870 e. The zero-order valence-electron chi connectivity index (χ0n) is 18.0. The topological polar surface area (TPSA) is 142 Å². The first-order chi connectivity index (χ1) is 15.4. The number of carbonyl (C=O) groups is 1. The van der Waals surface area contributed by atoms with Crippen LogP contribution in [0, 0.1) is 0 Å². The maximum atomic E-state index is 12.2. The number of para-hydroxylation sites is 2. The second kappa shape index (κ2) is 13.5. The molecule has 3 aromatic rings. The summed E-state index contributed by atoms with van der Waals surface area (Å²) < 4.78 is 10.1. The van der Waals surface area contributed by atoms with Crippen LogP contribution in [-0.4, -0.2) is 37.6 Å². The van der Waals surface area contributed by atoms with Crippen LogP contribution in [0.25, 0.3) is 0 Å². The second-order valence-electron chi connectivity index (χ2n) is 6.11. The quantitative estimate of drug-likeness (QED) is 0.377. The number of carbonyl (C=O) groups excluding carboxylic acids is 1. The summed E-state index contributed by atoms with van der Waals surface area (Å²) >= 11 is 0. The van der Waals surface area contributed by atoms with Crippen molar-refractivity contribution in [2.75, 3.05) is 14.2 Å². The summed E-state index contributed by atoms with van der Waals surface area (Å²) in [6.07, 6.45) is 4.42. The Balaban J connectivity index is 0.00000101. The summed E-state index contributed by atoms with van der Waals surface area (Å²) in [4.78, 5) is 21.7. The molecular formula is C23H20MnN3O6. The van der Waals surface area contributed by atoms with E-state index in [4.69, 9.17) is 19.4 Å². The van der Waals surface area contributed by atoms with Crippen molar-refractivity contribution in [2.45, 2.75) is 6.92 Å². The fourth-order valence-corrected chi connectivity index (χ4v) is 2.45. The molecule has 0 spiro atoms. The normalized spacial score (nSPS) is 10.3. The average molecular weight is 489 g/mol. The molecular weight excluding hydrogens is 469 g/mol. The van der Waals surface area contributed by atoms with Crippen molar-refractivity contribution in [1.82, 2.24) is 4.98 Å². The molecule has 0 saturated carbocycles. The van der Waals surface area contributed by atoms with Gasteiger partial charge >= 0.3 is 17.1 Å². The Bertz CT molecular complexity index is 1050. The number of aromatic nitrogens is 1. The van der Waals surface area contributed by atoms with Crippen LogP contribution < -0.4 is 24.8 Å². The number of hydrogen-bond acceptors (Lipinski definition) is 9. The van der Waals surface area contributed by atoms with Gasteiger partial charge in [-0.3, -0.25) is 4.99 Å². The molecule has 1 aromatic heterocycles. The molecule has 0 radical (unpaired) electrons.